The van der Waals surface area contributed by atoms with Crippen LogP contribution in [0.2, 0.25) is 0 Å². The zero-order chi connectivity index (χ0) is 28.7. The lowest BCUT2D eigenvalue weighted by Gasteiger charge is -2.39. The van der Waals surface area contributed by atoms with E-state index in [4.69, 9.17) is 18.3 Å². The van der Waals surface area contributed by atoms with Gasteiger partial charge in [0.2, 0.25) is 18.6 Å². The first-order chi connectivity index (χ1) is 17.5. The molecular formula is C23H37N4O9PS. The van der Waals surface area contributed by atoms with Crippen LogP contribution in [0, 0.1) is 5.41 Å². The summed E-state index contributed by atoms with van der Waals surface area (Å²) < 4.78 is 35.3. The van der Waals surface area contributed by atoms with Crippen LogP contribution in [0.25, 0.3) is 0 Å². The molecule has 2 N–H and O–H groups in total. The van der Waals surface area contributed by atoms with Gasteiger partial charge in [0.15, 0.2) is 11.2 Å². The summed E-state index contributed by atoms with van der Waals surface area (Å²) in [5.41, 5.74) is -0.257. The summed E-state index contributed by atoms with van der Waals surface area (Å²) >= 11 is 1.11. The molecule has 38 heavy (non-hydrogen) atoms. The SMILES string of the molecule is CC(=O)SCCNC(=O)CCNC(=O)[C@@H]1O[P@](=O)(OCOC(=O)c2cc(C(C)(C)C)nn2C)OCC1(C)C. The minimum Gasteiger partial charge on any atom is -0.433 e. The van der Waals surface area contributed by atoms with Crippen molar-refractivity contribution in [2.75, 3.05) is 32.2 Å². The second kappa shape index (κ2) is 13.2. The van der Waals surface area contributed by atoms with Crippen LogP contribution in [0.1, 0.15) is 64.1 Å². The number of ether oxygens (including phenoxy) is 1. The Bertz CT molecular complexity index is 1080. The van der Waals surface area contributed by atoms with Gasteiger partial charge < -0.3 is 15.4 Å². The summed E-state index contributed by atoms with van der Waals surface area (Å²) in [6.07, 6.45) is -1.20. The molecule has 2 heterocycles. The monoisotopic (exact) mass is 576 g/mol. The quantitative estimate of drug-likeness (QED) is 0.172. The lowest BCUT2D eigenvalue weighted by atomic mass is 9.87. The number of phosphoric ester groups is 1. The number of phosphoric acid groups is 1. The molecule has 1 aliphatic rings. The van der Waals surface area contributed by atoms with Crippen molar-refractivity contribution < 1.29 is 42.1 Å². The fraction of sp³-hybridized carbons (Fsp3) is 0.696. The number of nitrogens with zero attached hydrogens (tertiary/aromatic N) is 2. The van der Waals surface area contributed by atoms with E-state index in [0.717, 1.165) is 11.8 Å². The van der Waals surface area contributed by atoms with Crippen LogP contribution in [0.5, 0.6) is 0 Å². The molecule has 1 aliphatic heterocycles. The van der Waals surface area contributed by atoms with Gasteiger partial charge in [0, 0.05) is 50.1 Å². The minimum absolute atomic E-state index is 0.00911. The van der Waals surface area contributed by atoms with E-state index in [1.165, 1.54) is 11.6 Å². The Labute approximate surface area is 226 Å². The standard InChI is InChI=1S/C23H37N4O9PS/c1-15(28)38-11-10-24-18(29)8-9-25-20(30)19-23(5,6)13-34-37(32,36-19)35-14-33-21(31)16-12-17(22(2,3)4)26-27(16)7/h12,19H,8-11,13-14H2,1-7H3,(H,24,29)(H,25,30)/t19-,37-/m0/s1. The molecule has 2 atom stereocenters. The highest BCUT2D eigenvalue weighted by molar-refractivity contribution is 8.13. The third-order valence-electron chi connectivity index (χ3n) is 5.42. The Morgan fingerprint density at radius 2 is 1.92 bits per heavy atom. The molecule has 0 bridgehead atoms. The van der Waals surface area contributed by atoms with E-state index in [0.29, 0.717) is 18.0 Å². The number of carbonyl (C=O) groups is 4. The molecule has 1 fully saturated rings. The third kappa shape index (κ3) is 9.49. The molecule has 0 aromatic carbocycles. The van der Waals surface area contributed by atoms with E-state index in [2.05, 4.69) is 15.7 Å². The van der Waals surface area contributed by atoms with Crippen molar-refractivity contribution in [2.24, 2.45) is 12.5 Å². The highest BCUT2D eigenvalue weighted by Gasteiger charge is 2.49. The minimum atomic E-state index is -4.23. The molecule has 1 saturated heterocycles. The van der Waals surface area contributed by atoms with Gasteiger partial charge in [-0.1, -0.05) is 46.4 Å². The van der Waals surface area contributed by atoms with Crippen LogP contribution in [-0.4, -0.2) is 71.0 Å². The molecule has 1 aromatic heterocycles. The molecule has 13 nitrogen and oxygen atoms in total. The number of nitrogens with one attached hydrogen (secondary N) is 2. The van der Waals surface area contributed by atoms with Crippen molar-refractivity contribution in [1.82, 2.24) is 20.4 Å². The normalized spacial score (nSPS) is 21.0. The molecule has 214 valence electrons. The smallest absolute Gasteiger partial charge is 0.433 e. The maximum Gasteiger partial charge on any atom is 0.478 e. The van der Waals surface area contributed by atoms with Crippen LogP contribution in [0.4, 0.5) is 0 Å². The Kier molecular flexibility index (Phi) is 11.1. The first kappa shape index (κ1) is 32.0. The highest BCUT2D eigenvalue weighted by atomic mass is 32.2. The number of amides is 2. The van der Waals surface area contributed by atoms with Crippen LogP contribution in [0.3, 0.4) is 0 Å². The number of aryl methyl sites for hydroxylation is 1. The van der Waals surface area contributed by atoms with Gasteiger partial charge in [0.25, 0.3) is 0 Å². The van der Waals surface area contributed by atoms with E-state index >= 15 is 0 Å². The van der Waals surface area contributed by atoms with Crippen molar-refractivity contribution in [2.45, 2.75) is 59.5 Å². The molecule has 2 rings (SSSR count). The molecule has 15 heteroatoms. The maximum absolute atomic E-state index is 13.0. The first-order valence-electron chi connectivity index (χ1n) is 12.0. The number of hydrogen-bond donors (Lipinski definition) is 2. The van der Waals surface area contributed by atoms with Crippen LogP contribution in [0.15, 0.2) is 6.07 Å². The lowest BCUT2D eigenvalue weighted by Crippen LogP contribution is -2.50. The van der Waals surface area contributed by atoms with Crippen LogP contribution < -0.4 is 10.6 Å². The number of aromatic nitrogens is 2. The van der Waals surface area contributed by atoms with Crippen LogP contribution >= 0.6 is 19.6 Å². The summed E-state index contributed by atoms with van der Waals surface area (Å²) in [6.45, 7) is 10.2. The van der Waals surface area contributed by atoms with E-state index in [-0.39, 0.29) is 41.7 Å². The van der Waals surface area contributed by atoms with Gasteiger partial charge >= 0.3 is 13.8 Å². The van der Waals surface area contributed by atoms with Crippen molar-refractivity contribution >= 4 is 42.5 Å². The lowest BCUT2D eigenvalue weighted by molar-refractivity contribution is -0.143. The molecule has 2 amide bonds. The largest absolute Gasteiger partial charge is 0.478 e. The van der Waals surface area contributed by atoms with Gasteiger partial charge in [0.1, 0.15) is 5.69 Å². The average Bonchev–Trinajstić information content (AvgIpc) is 3.21. The van der Waals surface area contributed by atoms with Gasteiger partial charge in [0.05, 0.1) is 12.3 Å². The number of rotatable bonds is 11. The molecule has 0 spiro atoms. The van der Waals surface area contributed by atoms with Gasteiger partial charge in [-0.25, -0.2) is 13.9 Å². The fourth-order valence-electron chi connectivity index (χ4n) is 3.20. The molecule has 0 unspecified atom stereocenters. The van der Waals surface area contributed by atoms with E-state index in [1.807, 2.05) is 20.8 Å². The fourth-order valence-corrected chi connectivity index (χ4v) is 5.20. The second-order valence-corrected chi connectivity index (χ2v) is 13.3. The first-order valence-corrected chi connectivity index (χ1v) is 14.5. The molecular weight excluding hydrogens is 539 g/mol. The van der Waals surface area contributed by atoms with Gasteiger partial charge in [-0.2, -0.15) is 5.10 Å². The molecule has 0 saturated carbocycles. The number of carbonyl (C=O) groups excluding carboxylic acids is 4. The molecule has 1 aromatic rings. The average molecular weight is 577 g/mol. The van der Waals surface area contributed by atoms with Gasteiger partial charge in [-0.3, -0.25) is 28.1 Å². The van der Waals surface area contributed by atoms with Crippen molar-refractivity contribution in [3.8, 4) is 0 Å². The van der Waals surface area contributed by atoms with Gasteiger partial charge in [-0.15, -0.1) is 0 Å². The Morgan fingerprint density at radius 1 is 1.24 bits per heavy atom. The van der Waals surface area contributed by atoms with Gasteiger partial charge in [-0.05, 0) is 6.07 Å². The summed E-state index contributed by atoms with van der Waals surface area (Å²) in [5, 5.41) is 9.52. The number of thioether (sulfide) groups is 1. The summed E-state index contributed by atoms with van der Waals surface area (Å²) in [4.78, 5) is 48.0. The Hall–Kier alpha value is -2.25. The maximum atomic E-state index is 13.0. The van der Waals surface area contributed by atoms with Crippen molar-refractivity contribution in [3.05, 3.63) is 17.5 Å². The summed E-state index contributed by atoms with van der Waals surface area (Å²) in [5.74, 6) is -1.17. The van der Waals surface area contributed by atoms with E-state index in [1.54, 1.807) is 27.0 Å². The Balaban J connectivity index is 1.86. The highest BCUT2D eigenvalue weighted by Crippen LogP contribution is 2.57. The van der Waals surface area contributed by atoms with E-state index in [9.17, 15) is 23.7 Å². The molecule has 0 radical (unpaired) electrons. The zero-order valence-corrected chi connectivity index (χ0v) is 24.5. The Morgan fingerprint density at radius 3 is 2.53 bits per heavy atom. The van der Waals surface area contributed by atoms with E-state index < -0.39 is 38.0 Å². The van der Waals surface area contributed by atoms with Crippen molar-refractivity contribution in [1.29, 1.82) is 0 Å². The summed E-state index contributed by atoms with van der Waals surface area (Å²) in [6, 6.07) is 1.60. The molecule has 0 aliphatic carbocycles. The number of hydrogen-bond acceptors (Lipinski definition) is 11. The predicted octanol–water partition coefficient (Wildman–Crippen LogP) is 2.30. The van der Waals surface area contributed by atoms with Crippen LogP contribution in [-0.2, 0) is 49.7 Å². The van der Waals surface area contributed by atoms with Crippen molar-refractivity contribution in [3.63, 3.8) is 0 Å². The number of esters is 1. The zero-order valence-electron chi connectivity index (χ0n) is 22.8. The third-order valence-corrected chi connectivity index (χ3v) is 7.57. The topological polar surface area (TPSA) is 164 Å². The second-order valence-electron chi connectivity index (χ2n) is 10.4. The predicted molar refractivity (Wildman–Crippen MR) is 139 cm³/mol. The summed E-state index contributed by atoms with van der Waals surface area (Å²) in [7, 11) is -2.63.